The van der Waals surface area contributed by atoms with Gasteiger partial charge in [-0.3, -0.25) is 9.59 Å². The zero-order chi connectivity index (χ0) is 25.5. The van der Waals surface area contributed by atoms with Gasteiger partial charge in [0.05, 0.1) is 12.6 Å². The minimum absolute atomic E-state index is 0.0458. The Hall–Kier alpha value is -4.58. The molecule has 0 aliphatic carbocycles. The Bertz CT molecular complexity index is 1340. The Kier molecular flexibility index (Phi) is 7.66. The van der Waals surface area contributed by atoms with Crippen LogP contribution >= 0.6 is 0 Å². The van der Waals surface area contributed by atoms with Crippen molar-refractivity contribution >= 4 is 11.8 Å². The maximum Gasteiger partial charge on any atom is 0.270 e. The van der Waals surface area contributed by atoms with Crippen molar-refractivity contribution < 1.29 is 14.0 Å². The van der Waals surface area contributed by atoms with Gasteiger partial charge < -0.3 is 16.4 Å². The highest BCUT2D eigenvalue weighted by Gasteiger charge is 2.16. The second kappa shape index (κ2) is 11.2. The van der Waals surface area contributed by atoms with E-state index in [0.29, 0.717) is 18.9 Å². The van der Waals surface area contributed by atoms with E-state index in [1.165, 1.54) is 23.0 Å². The maximum absolute atomic E-state index is 13.0. The molecule has 11 nitrogen and oxygen atoms in total. The number of nitrogens with zero attached hydrogens (tertiary/aromatic N) is 6. The highest BCUT2D eigenvalue weighted by Crippen LogP contribution is 2.19. The third-order valence-corrected chi connectivity index (χ3v) is 5.30. The molecule has 0 aliphatic heterocycles. The average molecular weight is 490 g/mol. The highest BCUT2D eigenvalue weighted by molar-refractivity contribution is 5.97. The molecule has 12 heteroatoms. The topological polar surface area (TPSA) is 154 Å². The fourth-order valence-electron chi connectivity index (χ4n) is 3.32. The summed E-state index contributed by atoms with van der Waals surface area (Å²) in [5.74, 6) is -0.798. The SMILES string of the molecule is C[C@H](NC(=O)c1cc(C(=O)NCc2ccc(F)cc2)ncn1)c1ccc(-c2nnn(CCN)n2)cc1. The number of halogens is 1. The summed E-state index contributed by atoms with van der Waals surface area (Å²) < 4.78 is 13.0. The van der Waals surface area contributed by atoms with Gasteiger partial charge in [-0.15, -0.1) is 10.2 Å². The fraction of sp³-hybridized carbons (Fsp3) is 0.208. The van der Waals surface area contributed by atoms with Gasteiger partial charge in [0.2, 0.25) is 5.82 Å². The van der Waals surface area contributed by atoms with Crippen LogP contribution in [0.4, 0.5) is 4.39 Å². The molecule has 0 radical (unpaired) electrons. The van der Waals surface area contributed by atoms with Crippen LogP contribution in [0, 0.1) is 5.82 Å². The lowest BCUT2D eigenvalue weighted by Gasteiger charge is -2.14. The predicted octanol–water partition coefficient (Wildman–Crippen LogP) is 1.65. The normalized spacial score (nSPS) is 11.6. The molecule has 184 valence electrons. The molecule has 2 heterocycles. The Balaban J connectivity index is 1.36. The van der Waals surface area contributed by atoms with Gasteiger partial charge in [0.25, 0.3) is 11.8 Å². The Morgan fingerprint density at radius 2 is 1.72 bits per heavy atom. The van der Waals surface area contributed by atoms with E-state index in [1.807, 2.05) is 31.2 Å². The van der Waals surface area contributed by atoms with Crippen molar-refractivity contribution in [2.24, 2.45) is 5.73 Å². The zero-order valence-electron chi connectivity index (χ0n) is 19.4. The van der Waals surface area contributed by atoms with Crippen molar-refractivity contribution in [2.75, 3.05) is 6.54 Å². The molecule has 0 spiro atoms. The quantitative estimate of drug-likeness (QED) is 0.321. The molecule has 4 rings (SSSR count). The molecule has 36 heavy (non-hydrogen) atoms. The summed E-state index contributed by atoms with van der Waals surface area (Å²) in [6.45, 7) is 2.92. The van der Waals surface area contributed by atoms with Crippen molar-refractivity contribution in [1.29, 1.82) is 0 Å². The number of rotatable bonds is 9. The van der Waals surface area contributed by atoms with E-state index >= 15 is 0 Å². The van der Waals surface area contributed by atoms with Crippen LogP contribution in [0.2, 0.25) is 0 Å². The largest absolute Gasteiger partial charge is 0.347 e. The molecule has 1 atom stereocenters. The van der Waals surface area contributed by atoms with Crippen LogP contribution in [0.15, 0.2) is 60.9 Å². The highest BCUT2D eigenvalue weighted by atomic mass is 19.1. The third kappa shape index (κ3) is 6.10. The molecule has 0 saturated carbocycles. The van der Waals surface area contributed by atoms with Crippen molar-refractivity contribution in [1.82, 2.24) is 40.8 Å². The van der Waals surface area contributed by atoms with Crippen molar-refractivity contribution in [3.63, 3.8) is 0 Å². The number of aromatic nitrogens is 6. The maximum atomic E-state index is 13.0. The van der Waals surface area contributed by atoms with Crippen LogP contribution in [-0.4, -0.2) is 48.5 Å². The molecule has 0 unspecified atom stereocenters. The van der Waals surface area contributed by atoms with Crippen LogP contribution in [0.5, 0.6) is 0 Å². The predicted molar refractivity (Wildman–Crippen MR) is 128 cm³/mol. The molecule has 0 bridgehead atoms. The number of carbonyl (C=O) groups is 2. The first kappa shape index (κ1) is 24.5. The first-order chi connectivity index (χ1) is 17.4. The van der Waals surface area contributed by atoms with Crippen LogP contribution in [0.1, 0.15) is 45.1 Å². The minimum Gasteiger partial charge on any atom is -0.347 e. The van der Waals surface area contributed by atoms with E-state index in [4.69, 9.17) is 5.73 Å². The Labute approximate surface area is 206 Å². The van der Waals surface area contributed by atoms with E-state index in [2.05, 4.69) is 36.0 Å². The number of carbonyl (C=O) groups excluding carboxylic acids is 2. The summed E-state index contributed by atoms with van der Waals surface area (Å²) in [6.07, 6.45) is 1.16. The fourth-order valence-corrected chi connectivity index (χ4v) is 3.32. The van der Waals surface area contributed by atoms with Gasteiger partial charge in [-0.25, -0.2) is 14.4 Å². The summed E-state index contributed by atoms with van der Waals surface area (Å²) in [5, 5.41) is 17.8. The van der Waals surface area contributed by atoms with Gasteiger partial charge in [-0.1, -0.05) is 36.4 Å². The molecule has 0 aliphatic rings. The molecule has 2 aromatic carbocycles. The summed E-state index contributed by atoms with van der Waals surface area (Å²) in [4.78, 5) is 34.6. The van der Waals surface area contributed by atoms with E-state index in [-0.39, 0.29) is 29.8 Å². The van der Waals surface area contributed by atoms with E-state index in [9.17, 15) is 14.0 Å². The number of nitrogens with two attached hydrogens (primary N) is 1. The second-order valence-corrected chi connectivity index (χ2v) is 7.91. The van der Waals surface area contributed by atoms with Crippen molar-refractivity contribution in [2.45, 2.75) is 26.1 Å². The summed E-state index contributed by atoms with van der Waals surface area (Å²) >= 11 is 0. The van der Waals surface area contributed by atoms with Crippen LogP contribution in [0.3, 0.4) is 0 Å². The van der Waals surface area contributed by atoms with E-state index in [1.54, 1.807) is 12.1 Å². The average Bonchev–Trinajstić information content (AvgIpc) is 3.37. The third-order valence-electron chi connectivity index (χ3n) is 5.30. The number of hydrogen-bond acceptors (Lipinski definition) is 8. The van der Waals surface area contributed by atoms with Gasteiger partial charge in [-0.2, -0.15) is 4.80 Å². The first-order valence-corrected chi connectivity index (χ1v) is 11.2. The van der Waals surface area contributed by atoms with E-state index in [0.717, 1.165) is 23.0 Å². The lowest BCUT2D eigenvalue weighted by atomic mass is 10.1. The lowest BCUT2D eigenvalue weighted by molar-refractivity contribution is 0.0934. The second-order valence-electron chi connectivity index (χ2n) is 7.91. The molecule has 2 amide bonds. The van der Waals surface area contributed by atoms with Gasteiger partial charge >= 0.3 is 0 Å². The molecule has 0 saturated heterocycles. The lowest BCUT2D eigenvalue weighted by Crippen LogP contribution is -2.29. The minimum atomic E-state index is -0.476. The van der Waals surface area contributed by atoms with Crippen molar-refractivity contribution in [3.05, 3.63) is 89.3 Å². The van der Waals surface area contributed by atoms with Crippen LogP contribution in [-0.2, 0) is 13.1 Å². The molecule has 2 aromatic heterocycles. The summed E-state index contributed by atoms with van der Waals surface area (Å²) in [7, 11) is 0. The van der Waals surface area contributed by atoms with Gasteiger partial charge in [0.1, 0.15) is 23.5 Å². The van der Waals surface area contributed by atoms with Gasteiger partial charge in [0.15, 0.2) is 0 Å². The van der Waals surface area contributed by atoms with Gasteiger partial charge in [0, 0.05) is 24.7 Å². The Morgan fingerprint density at radius 3 is 2.42 bits per heavy atom. The summed E-state index contributed by atoms with van der Waals surface area (Å²) in [5.41, 5.74) is 7.98. The molecular formula is C24H24FN9O2. The standard InChI is InChI=1S/C24H24FN9O2/c1-15(17-4-6-18(7-5-17)22-31-33-34(32-22)11-10-26)30-24(36)21-12-20(28-14-29-21)23(35)27-13-16-2-8-19(25)9-3-16/h2-9,12,14-15H,10-11,13,26H2,1H3,(H,27,35)(H,30,36)/t15-/m0/s1. The molecule has 4 N–H and O–H groups in total. The number of amides is 2. The molecule has 4 aromatic rings. The number of benzene rings is 2. The molecule has 0 fully saturated rings. The van der Waals surface area contributed by atoms with Gasteiger partial charge in [-0.05, 0) is 35.4 Å². The summed E-state index contributed by atoms with van der Waals surface area (Å²) in [6, 6.07) is 14.2. The van der Waals surface area contributed by atoms with E-state index < -0.39 is 11.8 Å². The number of tetrazole rings is 1. The number of nitrogens with one attached hydrogen (secondary N) is 2. The monoisotopic (exact) mass is 489 g/mol. The zero-order valence-corrected chi connectivity index (χ0v) is 19.4. The van der Waals surface area contributed by atoms with Crippen LogP contribution < -0.4 is 16.4 Å². The smallest absolute Gasteiger partial charge is 0.270 e. The van der Waals surface area contributed by atoms with Crippen LogP contribution in [0.25, 0.3) is 11.4 Å². The van der Waals surface area contributed by atoms with Crippen molar-refractivity contribution in [3.8, 4) is 11.4 Å². The Morgan fingerprint density at radius 1 is 1.03 bits per heavy atom. The molecular weight excluding hydrogens is 465 g/mol. The first-order valence-electron chi connectivity index (χ1n) is 11.2. The number of hydrogen-bond donors (Lipinski definition) is 3.